The predicted molar refractivity (Wildman–Crippen MR) is 125 cm³/mol. The molecule has 0 fully saturated rings. The third-order valence-corrected chi connectivity index (χ3v) is 5.91. The second kappa shape index (κ2) is 8.98. The lowest BCUT2D eigenvalue weighted by Crippen LogP contribution is -2.13. The first-order valence-corrected chi connectivity index (χ1v) is 11.0. The maximum absolute atomic E-state index is 14.3. The zero-order valence-electron chi connectivity index (χ0n) is 19.1. The summed E-state index contributed by atoms with van der Waals surface area (Å²) in [5.41, 5.74) is 6.54. The topological polar surface area (TPSA) is 124 Å². The molecule has 0 bridgehead atoms. The van der Waals surface area contributed by atoms with Crippen LogP contribution >= 0.6 is 0 Å². The number of nitrogens with two attached hydrogens (primary N) is 1. The van der Waals surface area contributed by atoms with Crippen molar-refractivity contribution in [2.24, 2.45) is 0 Å². The zero-order chi connectivity index (χ0) is 26.3. The number of hydrogen-bond acceptors (Lipinski definition) is 7. The standard InChI is InChI=1S/C24H17F4N9/c1-2-16(15-11-36(35-34-15)17-6-4-3-5-14(17)25)37-18(9-29)20(21-22(30)32-12-33-23(21)37)13-7-8-19(31-10-13)24(26,27)28/h3-8,10-12,16H,2H2,1H3,(H2,30,32,33). The molecule has 0 aliphatic rings. The van der Waals surface area contributed by atoms with Crippen LogP contribution in [0.1, 0.15) is 36.5 Å². The molecule has 0 radical (unpaired) electrons. The first kappa shape index (κ1) is 23.9. The Labute approximate surface area is 206 Å². The van der Waals surface area contributed by atoms with Gasteiger partial charge in [-0.2, -0.15) is 18.4 Å². The van der Waals surface area contributed by atoms with Crippen LogP contribution in [-0.2, 0) is 6.18 Å². The van der Waals surface area contributed by atoms with E-state index < -0.39 is 23.7 Å². The van der Waals surface area contributed by atoms with Gasteiger partial charge in [-0.05, 0) is 24.6 Å². The minimum Gasteiger partial charge on any atom is -0.383 e. The number of para-hydroxylation sites is 1. The summed E-state index contributed by atoms with van der Waals surface area (Å²) in [5.74, 6) is -0.450. The van der Waals surface area contributed by atoms with Crippen molar-refractivity contribution in [3.8, 4) is 22.9 Å². The summed E-state index contributed by atoms with van der Waals surface area (Å²) in [4.78, 5) is 11.9. The van der Waals surface area contributed by atoms with E-state index in [4.69, 9.17) is 5.73 Å². The number of alkyl halides is 3. The highest BCUT2D eigenvalue weighted by Gasteiger charge is 2.33. The summed E-state index contributed by atoms with van der Waals surface area (Å²) in [6.07, 6.45) is -0.395. The van der Waals surface area contributed by atoms with Crippen molar-refractivity contribution < 1.29 is 17.6 Å². The van der Waals surface area contributed by atoms with Gasteiger partial charge in [0, 0.05) is 17.3 Å². The summed E-state index contributed by atoms with van der Waals surface area (Å²) < 4.78 is 56.4. The fourth-order valence-corrected chi connectivity index (χ4v) is 4.27. The lowest BCUT2D eigenvalue weighted by molar-refractivity contribution is -0.141. The number of nitrogens with zero attached hydrogens (tertiary/aromatic N) is 8. The molecule has 4 aromatic heterocycles. The lowest BCUT2D eigenvalue weighted by Gasteiger charge is -2.16. The van der Waals surface area contributed by atoms with Crippen LogP contribution in [0, 0.1) is 17.1 Å². The van der Waals surface area contributed by atoms with E-state index in [0.717, 1.165) is 12.3 Å². The Balaban J connectivity index is 1.71. The molecule has 9 nitrogen and oxygen atoms in total. The molecule has 5 aromatic rings. The van der Waals surface area contributed by atoms with Gasteiger partial charge in [-0.3, -0.25) is 4.98 Å². The van der Waals surface area contributed by atoms with Crippen LogP contribution in [-0.4, -0.2) is 34.5 Å². The Morgan fingerprint density at radius 3 is 2.54 bits per heavy atom. The molecular formula is C24H17F4N9. The number of pyridine rings is 1. The van der Waals surface area contributed by atoms with Crippen LogP contribution < -0.4 is 5.73 Å². The second-order valence-electron chi connectivity index (χ2n) is 8.06. The van der Waals surface area contributed by atoms with E-state index in [1.165, 1.54) is 23.1 Å². The van der Waals surface area contributed by atoms with E-state index in [1.54, 1.807) is 29.0 Å². The molecule has 0 aliphatic heterocycles. The van der Waals surface area contributed by atoms with Gasteiger partial charge in [-0.1, -0.05) is 30.3 Å². The number of halogens is 4. The van der Waals surface area contributed by atoms with Crippen molar-refractivity contribution in [1.29, 1.82) is 5.26 Å². The molecule has 0 saturated carbocycles. The van der Waals surface area contributed by atoms with E-state index in [2.05, 4.69) is 31.3 Å². The molecular weight excluding hydrogens is 490 g/mol. The maximum Gasteiger partial charge on any atom is 0.433 e. The van der Waals surface area contributed by atoms with Crippen molar-refractivity contribution in [2.45, 2.75) is 25.6 Å². The molecule has 1 atom stereocenters. The van der Waals surface area contributed by atoms with E-state index in [0.29, 0.717) is 17.5 Å². The molecule has 0 saturated heterocycles. The summed E-state index contributed by atoms with van der Waals surface area (Å²) in [6.45, 7) is 1.85. The van der Waals surface area contributed by atoms with Gasteiger partial charge in [0.25, 0.3) is 0 Å². The van der Waals surface area contributed by atoms with E-state index in [1.807, 2.05) is 6.92 Å². The number of rotatable bonds is 5. The number of fused-ring (bicyclic) bond motifs is 1. The van der Waals surface area contributed by atoms with Gasteiger partial charge in [0.05, 0.1) is 17.6 Å². The van der Waals surface area contributed by atoms with Crippen molar-refractivity contribution in [2.75, 3.05) is 5.73 Å². The molecule has 4 heterocycles. The summed E-state index contributed by atoms with van der Waals surface area (Å²) in [5, 5.41) is 18.7. The fraction of sp³-hybridized carbons (Fsp3) is 0.167. The Morgan fingerprint density at radius 2 is 1.89 bits per heavy atom. The van der Waals surface area contributed by atoms with Crippen LogP contribution in [0.5, 0.6) is 0 Å². The Bertz CT molecular complexity index is 1650. The Hall–Kier alpha value is -4.86. The largest absolute Gasteiger partial charge is 0.433 e. The van der Waals surface area contributed by atoms with Crippen LogP contribution in [0.15, 0.2) is 55.1 Å². The number of nitriles is 1. The van der Waals surface area contributed by atoms with Gasteiger partial charge in [0.15, 0.2) is 0 Å². The highest BCUT2D eigenvalue weighted by atomic mass is 19.4. The minimum absolute atomic E-state index is 0.0417. The number of aromatic nitrogens is 7. The van der Waals surface area contributed by atoms with Gasteiger partial charge in [-0.25, -0.2) is 19.0 Å². The van der Waals surface area contributed by atoms with Crippen LogP contribution in [0.2, 0.25) is 0 Å². The third kappa shape index (κ3) is 4.02. The highest BCUT2D eigenvalue weighted by Crippen LogP contribution is 2.40. The molecule has 0 aliphatic carbocycles. The molecule has 186 valence electrons. The zero-order valence-corrected chi connectivity index (χ0v) is 19.1. The van der Waals surface area contributed by atoms with Crippen LogP contribution in [0.4, 0.5) is 23.4 Å². The quantitative estimate of drug-likeness (QED) is 0.342. The third-order valence-electron chi connectivity index (χ3n) is 5.91. The smallest absolute Gasteiger partial charge is 0.383 e. The molecule has 13 heteroatoms. The van der Waals surface area contributed by atoms with Crippen LogP contribution in [0.25, 0.3) is 27.8 Å². The van der Waals surface area contributed by atoms with Crippen molar-refractivity contribution in [3.63, 3.8) is 0 Å². The van der Waals surface area contributed by atoms with E-state index in [9.17, 15) is 22.8 Å². The van der Waals surface area contributed by atoms with Crippen molar-refractivity contribution >= 4 is 16.9 Å². The fourth-order valence-electron chi connectivity index (χ4n) is 4.27. The minimum atomic E-state index is -4.62. The van der Waals surface area contributed by atoms with Gasteiger partial charge in [0.2, 0.25) is 0 Å². The SMILES string of the molecule is CCC(c1cn(-c2ccccc2F)nn1)n1c(C#N)c(-c2ccc(C(F)(F)F)nc2)c2c(N)ncnc21. The Morgan fingerprint density at radius 1 is 1.11 bits per heavy atom. The van der Waals surface area contributed by atoms with Gasteiger partial charge < -0.3 is 10.3 Å². The molecule has 37 heavy (non-hydrogen) atoms. The lowest BCUT2D eigenvalue weighted by atomic mass is 10.0. The summed E-state index contributed by atoms with van der Waals surface area (Å²) in [6, 6.07) is 9.64. The summed E-state index contributed by atoms with van der Waals surface area (Å²) >= 11 is 0. The Kier molecular flexibility index (Phi) is 5.79. The molecule has 1 aromatic carbocycles. The normalized spacial score (nSPS) is 12.5. The number of hydrogen-bond donors (Lipinski definition) is 1. The number of anilines is 1. The second-order valence-corrected chi connectivity index (χ2v) is 8.06. The average molecular weight is 507 g/mol. The first-order chi connectivity index (χ1) is 17.7. The molecule has 0 amide bonds. The molecule has 1 unspecified atom stereocenters. The maximum atomic E-state index is 14.3. The van der Waals surface area contributed by atoms with E-state index in [-0.39, 0.29) is 34.0 Å². The van der Waals surface area contributed by atoms with Gasteiger partial charge in [0.1, 0.15) is 52.4 Å². The van der Waals surface area contributed by atoms with Gasteiger partial charge in [-0.15, -0.1) is 5.10 Å². The molecule has 2 N–H and O–H groups in total. The summed E-state index contributed by atoms with van der Waals surface area (Å²) in [7, 11) is 0. The number of benzene rings is 1. The van der Waals surface area contributed by atoms with Gasteiger partial charge >= 0.3 is 6.18 Å². The van der Waals surface area contributed by atoms with E-state index >= 15 is 0 Å². The molecule has 5 rings (SSSR count). The average Bonchev–Trinajstić information content (AvgIpc) is 3.49. The molecule has 0 spiro atoms. The monoisotopic (exact) mass is 507 g/mol. The number of nitrogen functional groups attached to an aromatic ring is 1. The van der Waals surface area contributed by atoms with Crippen molar-refractivity contribution in [3.05, 3.63) is 78.0 Å². The highest BCUT2D eigenvalue weighted by molar-refractivity contribution is 6.03. The van der Waals surface area contributed by atoms with Crippen LogP contribution in [0.3, 0.4) is 0 Å². The van der Waals surface area contributed by atoms with Crippen molar-refractivity contribution in [1.82, 2.24) is 34.5 Å². The predicted octanol–water partition coefficient (Wildman–Crippen LogP) is 4.69. The first-order valence-electron chi connectivity index (χ1n) is 11.0.